The first-order valence-electron chi connectivity index (χ1n) is 6.30. The number of likely N-dealkylation sites (tertiary alicyclic amines) is 1. The van der Waals surface area contributed by atoms with Crippen molar-refractivity contribution in [1.29, 1.82) is 0 Å². The lowest BCUT2D eigenvalue weighted by molar-refractivity contribution is 0.0899. The second-order valence-electron chi connectivity index (χ2n) is 5.84. The zero-order valence-corrected chi connectivity index (χ0v) is 15.3. The molecule has 1 aliphatic rings. The van der Waals surface area contributed by atoms with Crippen molar-refractivity contribution >= 4 is 44.3 Å². The molecule has 1 heterocycles. The van der Waals surface area contributed by atoms with Crippen LogP contribution in [0.25, 0.3) is 0 Å². The van der Waals surface area contributed by atoms with Gasteiger partial charge in [-0.3, -0.25) is 4.90 Å². The third-order valence-electron chi connectivity index (χ3n) is 3.78. The summed E-state index contributed by atoms with van der Waals surface area (Å²) in [5, 5.41) is 0. The fraction of sp³-hybridized carbons (Fsp3) is 0.571. The molecular weight excluding hydrogens is 391 g/mol. The van der Waals surface area contributed by atoms with Crippen molar-refractivity contribution in [2.45, 2.75) is 32.9 Å². The first-order chi connectivity index (χ1) is 8.38. The number of nitrogens with two attached hydrogens (primary N) is 1. The van der Waals surface area contributed by atoms with Gasteiger partial charge in [-0.1, -0.05) is 19.9 Å². The normalized spacial score (nSPS) is 22.9. The molecule has 2 nitrogen and oxygen atoms in total. The van der Waals surface area contributed by atoms with Crippen LogP contribution in [0.15, 0.2) is 27.1 Å². The lowest BCUT2D eigenvalue weighted by atomic mass is 9.79. The molecule has 1 saturated heterocycles. The van der Waals surface area contributed by atoms with Crippen molar-refractivity contribution in [3.8, 4) is 0 Å². The summed E-state index contributed by atoms with van der Waals surface area (Å²) in [5.74, 6) is 0. The Kier molecular flexibility index (Phi) is 6.33. The second kappa shape index (κ2) is 6.90. The third kappa shape index (κ3) is 4.43. The SMILES string of the molecule is CC1(C)CN(Cc2ccc(Br)c(Br)c2)CCC1N.Cl. The van der Waals surface area contributed by atoms with Crippen LogP contribution in [0.4, 0.5) is 0 Å². The van der Waals surface area contributed by atoms with Crippen LogP contribution >= 0.6 is 44.3 Å². The maximum absolute atomic E-state index is 6.17. The Labute approximate surface area is 138 Å². The predicted molar refractivity (Wildman–Crippen MR) is 90.7 cm³/mol. The van der Waals surface area contributed by atoms with E-state index in [1.807, 2.05) is 0 Å². The summed E-state index contributed by atoms with van der Waals surface area (Å²) in [6, 6.07) is 6.79. The van der Waals surface area contributed by atoms with E-state index in [-0.39, 0.29) is 17.8 Å². The minimum Gasteiger partial charge on any atom is -0.327 e. The van der Waals surface area contributed by atoms with E-state index in [4.69, 9.17) is 5.73 Å². The average Bonchev–Trinajstić information content (AvgIpc) is 2.28. The second-order valence-corrected chi connectivity index (χ2v) is 7.55. The molecule has 0 bridgehead atoms. The van der Waals surface area contributed by atoms with Crippen LogP contribution in [0.2, 0.25) is 0 Å². The molecule has 1 aliphatic heterocycles. The first-order valence-corrected chi connectivity index (χ1v) is 7.89. The summed E-state index contributed by atoms with van der Waals surface area (Å²) in [5.41, 5.74) is 7.73. The standard InChI is InChI=1S/C14H20Br2N2.ClH/c1-14(2)9-18(6-5-13(14)17)8-10-3-4-11(15)12(16)7-10;/h3-4,7,13H,5-6,8-9,17H2,1-2H3;1H. The smallest absolute Gasteiger partial charge is 0.0320 e. The predicted octanol–water partition coefficient (Wildman–Crippen LogP) is 4.19. The van der Waals surface area contributed by atoms with Crippen LogP contribution in [0.5, 0.6) is 0 Å². The van der Waals surface area contributed by atoms with E-state index in [2.05, 4.69) is 68.8 Å². The molecule has 0 aliphatic carbocycles. The van der Waals surface area contributed by atoms with Crippen LogP contribution in [-0.4, -0.2) is 24.0 Å². The topological polar surface area (TPSA) is 29.3 Å². The fourth-order valence-corrected chi connectivity index (χ4v) is 3.19. The van der Waals surface area contributed by atoms with E-state index in [9.17, 15) is 0 Å². The zero-order chi connectivity index (χ0) is 13.3. The van der Waals surface area contributed by atoms with Crippen LogP contribution < -0.4 is 5.73 Å². The molecule has 2 rings (SSSR count). The van der Waals surface area contributed by atoms with Gasteiger partial charge in [0, 0.05) is 34.6 Å². The molecule has 1 atom stereocenters. The van der Waals surface area contributed by atoms with Crippen molar-refractivity contribution in [2.24, 2.45) is 11.1 Å². The lowest BCUT2D eigenvalue weighted by Gasteiger charge is -2.42. The van der Waals surface area contributed by atoms with Gasteiger partial charge < -0.3 is 5.73 Å². The van der Waals surface area contributed by atoms with Gasteiger partial charge in [0.05, 0.1) is 0 Å². The third-order valence-corrected chi connectivity index (χ3v) is 5.66. The molecule has 0 radical (unpaired) electrons. The van der Waals surface area contributed by atoms with Crippen LogP contribution in [0.3, 0.4) is 0 Å². The quantitative estimate of drug-likeness (QED) is 0.789. The molecule has 19 heavy (non-hydrogen) atoms. The van der Waals surface area contributed by atoms with Crippen LogP contribution in [0, 0.1) is 5.41 Å². The number of hydrogen-bond acceptors (Lipinski definition) is 2. The van der Waals surface area contributed by atoms with E-state index < -0.39 is 0 Å². The highest BCUT2D eigenvalue weighted by Gasteiger charge is 2.33. The maximum atomic E-state index is 6.17. The molecule has 5 heteroatoms. The summed E-state index contributed by atoms with van der Waals surface area (Å²) in [7, 11) is 0. The van der Waals surface area contributed by atoms with E-state index in [0.717, 1.165) is 35.0 Å². The molecule has 0 spiro atoms. The van der Waals surface area contributed by atoms with Gasteiger partial charge in [0.15, 0.2) is 0 Å². The van der Waals surface area contributed by atoms with E-state index in [1.54, 1.807) is 0 Å². The van der Waals surface area contributed by atoms with Crippen molar-refractivity contribution < 1.29 is 0 Å². The number of hydrogen-bond donors (Lipinski definition) is 1. The van der Waals surface area contributed by atoms with Gasteiger partial charge >= 0.3 is 0 Å². The number of nitrogens with zero attached hydrogens (tertiary/aromatic N) is 1. The Hall–Kier alpha value is 0.390. The maximum Gasteiger partial charge on any atom is 0.0320 e. The number of rotatable bonds is 2. The minimum absolute atomic E-state index is 0. The van der Waals surface area contributed by atoms with Crippen molar-refractivity contribution in [3.63, 3.8) is 0 Å². The molecule has 1 fully saturated rings. The average molecular weight is 413 g/mol. The largest absolute Gasteiger partial charge is 0.327 e. The highest BCUT2D eigenvalue weighted by molar-refractivity contribution is 9.13. The molecule has 0 saturated carbocycles. The molecule has 0 amide bonds. The molecular formula is C14H21Br2ClN2. The van der Waals surface area contributed by atoms with Gasteiger partial charge in [0.1, 0.15) is 0 Å². The van der Waals surface area contributed by atoms with Gasteiger partial charge in [0.2, 0.25) is 0 Å². The fourth-order valence-electron chi connectivity index (χ4n) is 2.52. The summed E-state index contributed by atoms with van der Waals surface area (Å²) in [4.78, 5) is 2.50. The van der Waals surface area contributed by atoms with Crippen LogP contribution in [0.1, 0.15) is 25.8 Å². The molecule has 1 aromatic rings. The summed E-state index contributed by atoms with van der Waals surface area (Å²) >= 11 is 7.06. The summed E-state index contributed by atoms with van der Waals surface area (Å²) < 4.78 is 2.22. The van der Waals surface area contributed by atoms with Gasteiger partial charge in [-0.2, -0.15) is 0 Å². The van der Waals surface area contributed by atoms with Gasteiger partial charge in [-0.25, -0.2) is 0 Å². The zero-order valence-electron chi connectivity index (χ0n) is 11.3. The van der Waals surface area contributed by atoms with Gasteiger partial charge in [-0.15, -0.1) is 12.4 Å². The van der Waals surface area contributed by atoms with E-state index in [1.165, 1.54) is 5.56 Å². The van der Waals surface area contributed by atoms with E-state index >= 15 is 0 Å². The van der Waals surface area contributed by atoms with Crippen molar-refractivity contribution in [3.05, 3.63) is 32.7 Å². The Morgan fingerprint density at radius 2 is 2.00 bits per heavy atom. The summed E-state index contributed by atoms with van der Waals surface area (Å²) in [6.07, 6.45) is 1.09. The number of halogens is 3. The highest BCUT2D eigenvalue weighted by Crippen LogP contribution is 2.29. The minimum atomic E-state index is 0. The summed E-state index contributed by atoms with van der Waals surface area (Å²) in [6.45, 7) is 7.70. The Morgan fingerprint density at radius 3 is 2.58 bits per heavy atom. The molecule has 1 aromatic carbocycles. The molecule has 0 aromatic heterocycles. The molecule has 108 valence electrons. The van der Waals surface area contributed by atoms with Crippen LogP contribution in [-0.2, 0) is 6.54 Å². The number of piperidine rings is 1. The highest BCUT2D eigenvalue weighted by atomic mass is 79.9. The van der Waals surface area contributed by atoms with Crippen molar-refractivity contribution in [1.82, 2.24) is 4.90 Å². The first kappa shape index (κ1) is 17.4. The Balaban J connectivity index is 0.00000180. The Bertz CT molecular complexity index is 437. The van der Waals surface area contributed by atoms with E-state index in [0.29, 0.717) is 6.04 Å². The van der Waals surface area contributed by atoms with Crippen molar-refractivity contribution in [2.75, 3.05) is 13.1 Å². The monoisotopic (exact) mass is 410 g/mol. The Morgan fingerprint density at radius 1 is 1.32 bits per heavy atom. The lowest BCUT2D eigenvalue weighted by Crippen LogP contribution is -2.52. The number of benzene rings is 1. The molecule has 2 N–H and O–H groups in total. The van der Waals surface area contributed by atoms with Gasteiger partial charge in [-0.05, 0) is 61.4 Å². The molecule has 1 unspecified atom stereocenters. The van der Waals surface area contributed by atoms with Gasteiger partial charge in [0.25, 0.3) is 0 Å².